The van der Waals surface area contributed by atoms with Crippen LogP contribution in [0.25, 0.3) is 0 Å². The molecule has 2 aliphatic rings. The van der Waals surface area contributed by atoms with E-state index in [0.717, 1.165) is 11.1 Å². The van der Waals surface area contributed by atoms with Crippen LogP contribution in [0.4, 0.5) is 24.8 Å². The van der Waals surface area contributed by atoms with Gasteiger partial charge in [-0.15, -0.1) is 0 Å². The molecule has 9 nitrogen and oxygen atoms in total. The molecule has 0 bridgehead atoms. The molecule has 1 saturated heterocycles. The quantitative estimate of drug-likeness (QED) is 0.485. The molecule has 2 amide bonds. The first-order valence-electron chi connectivity index (χ1n) is 12.7. The van der Waals surface area contributed by atoms with Crippen LogP contribution >= 0.6 is 11.6 Å². The molecular weight excluding hydrogens is 547 g/mol. The molecule has 0 saturated carbocycles. The first-order chi connectivity index (χ1) is 18.9. The fraction of sp³-hybridized carbons (Fsp3) is 0.407. The van der Waals surface area contributed by atoms with Gasteiger partial charge in [-0.1, -0.05) is 23.7 Å². The van der Waals surface area contributed by atoms with Crippen LogP contribution in [0.15, 0.2) is 30.6 Å². The van der Waals surface area contributed by atoms with Crippen LogP contribution in [0.2, 0.25) is 5.02 Å². The summed E-state index contributed by atoms with van der Waals surface area (Å²) in [6.07, 6.45) is 2.97. The number of amides is 2. The van der Waals surface area contributed by atoms with E-state index in [1.54, 1.807) is 21.0 Å². The summed E-state index contributed by atoms with van der Waals surface area (Å²) in [5, 5.41) is 7.01. The number of carbonyl (C=O) groups excluding carboxylic acids is 2. The number of anilines is 2. The van der Waals surface area contributed by atoms with E-state index in [1.165, 1.54) is 41.0 Å². The number of benzene rings is 1. The summed E-state index contributed by atoms with van der Waals surface area (Å²) in [5.74, 6) is -3.42. The molecule has 0 aliphatic carbocycles. The number of fused-ring (bicyclic) bond motifs is 1. The molecule has 0 unspecified atom stereocenters. The van der Waals surface area contributed by atoms with Gasteiger partial charge < -0.3 is 10.2 Å². The Balaban J connectivity index is 1.56. The van der Waals surface area contributed by atoms with Gasteiger partial charge in [-0.25, -0.2) is 18.2 Å². The molecule has 40 heavy (non-hydrogen) atoms. The number of hydrogen-bond donors (Lipinski definition) is 1. The van der Waals surface area contributed by atoms with Crippen molar-refractivity contribution in [1.82, 2.24) is 24.6 Å². The molecule has 2 aliphatic heterocycles. The van der Waals surface area contributed by atoms with E-state index in [-0.39, 0.29) is 58.4 Å². The number of pyridine rings is 1. The molecule has 0 spiro atoms. The molecule has 2 aromatic heterocycles. The minimum atomic E-state index is -1.48. The van der Waals surface area contributed by atoms with Gasteiger partial charge in [0, 0.05) is 69.6 Å². The van der Waals surface area contributed by atoms with Crippen molar-refractivity contribution >= 4 is 35.1 Å². The zero-order valence-corrected chi connectivity index (χ0v) is 23.3. The minimum absolute atomic E-state index is 0.0366. The van der Waals surface area contributed by atoms with Crippen molar-refractivity contribution in [3.63, 3.8) is 0 Å². The van der Waals surface area contributed by atoms with Crippen LogP contribution in [-0.2, 0) is 17.3 Å². The van der Waals surface area contributed by atoms with Crippen molar-refractivity contribution in [3.8, 4) is 0 Å². The molecule has 5 rings (SSSR count). The third kappa shape index (κ3) is 4.79. The number of hydrogen-bond acceptors (Lipinski definition) is 6. The van der Waals surface area contributed by atoms with Gasteiger partial charge in [0.05, 0.1) is 23.3 Å². The maximum atomic E-state index is 16.4. The third-order valence-corrected chi connectivity index (χ3v) is 7.85. The summed E-state index contributed by atoms with van der Waals surface area (Å²) >= 11 is 6.10. The first-order valence-corrected chi connectivity index (χ1v) is 13.1. The number of halogens is 4. The third-order valence-electron chi connectivity index (χ3n) is 7.56. The molecule has 3 aromatic rings. The van der Waals surface area contributed by atoms with Gasteiger partial charge in [-0.3, -0.25) is 24.1 Å². The van der Waals surface area contributed by atoms with Gasteiger partial charge in [0.1, 0.15) is 5.82 Å². The van der Waals surface area contributed by atoms with Crippen LogP contribution < -0.4 is 10.2 Å². The maximum absolute atomic E-state index is 16.4. The molecule has 1 aromatic carbocycles. The van der Waals surface area contributed by atoms with Gasteiger partial charge in [0.25, 0.3) is 5.91 Å². The van der Waals surface area contributed by atoms with E-state index in [4.69, 9.17) is 11.6 Å². The van der Waals surface area contributed by atoms with E-state index >= 15 is 8.78 Å². The number of likely N-dealkylation sites (N-methyl/N-ethyl adjacent to an activating group) is 1. The number of rotatable bonds is 6. The van der Waals surface area contributed by atoms with Crippen LogP contribution in [-0.4, -0.2) is 82.7 Å². The minimum Gasteiger partial charge on any atom is -0.364 e. The van der Waals surface area contributed by atoms with Crippen LogP contribution in [0, 0.1) is 17.5 Å². The lowest BCUT2D eigenvalue weighted by Gasteiger charge is -2.41. The fourth-order valence-corrected chi connectivity index (χ4v) is 5.65. The Kier molecular flexibility index (Phi) is 7.26. The summed E-state index contributed by atoms with van der Waals surface area (Å²) in [5.41, 5.74) is -1.64. The molecule has 2 atom stereocenters. The van der Waals surface area contributed by atoms with Gasteiger partial charge in [0.2, 0.25) is 5.91 Å². The highest BCUT2D eigenvalue weighted by Gasteiger charge is 2.47. The molecule has 13 heteroatoms. The average molecular weight is 576 g/mol. The van der Waals surface area contributed by atoms with Gasteiger partial charge in [-0.2, -0.15) is 5.10 Å². The van der Waals surface area contributed by atoms with E-state index in [9.17, 15) is 14.0 Å². The maximum Gasteiger partial charge on any atom is 0.261 e. The summed E-state index contributed by atoms with van der Waals surface area (Å²) < 4.78 is 47.9. The summed E-state index contributed by atoms with van der Waals surface area (Å²) in [6.45, 7) is 2.65. The van der Waals surface area contributed by atoms with E-state index < -0.39 is 28.8 Å². The summed E-state index contributed by atoms with van der Waals surface area (Å²) in [7, 11) is 4.88. The topological polar surface area (TPSA) is 86.6 Å². The highest BCUT2D eigenvalue weighted by Crippen LogP contribution is 2.45. The second-order valence-corrected chi connectivity index (χ2v) is 11.1. The lowest BCUT2D eigenvalue weighted by atomic mass is 9.71. The number of aromatic nitrogens is 3. The lowest BCUT2D eigenvalue weighted by molar-refractivity contribution is -0.129. The largest absolute Gasteiger partial charge is 0.364 e. The van der Waals surface area contributed by atoms with Crippen molar-refractivity contribution in [2.75, 3.05) is 50.5 Å². The van der Waals surface area contributed by atoms with Gasteiger partial charge in [0.15, 0.2) is 23.3 Å². The summed E-state index contributed by atoms with van der Waals surface area (Å²) in [4.78, 5) is 34.4. The van der Waals surface area contributed by atoms with Crippen LogP contribution in [0.5, 0.6) is 0 Å². The Morgan fingerprint density at radius 3 is 2.67 bits per heavy atom. The number of likely N-dealkylation sites (tertiary alicyclic amines) is 1. The number of nitrogens with one attached hydrogen (secondary N) is 1. The molecule has 4 heterocycles. The average Bonchev–Trinajstić information content (AvgIpc) is 3.48. The molecule has 1 fully saturated rings. The second-order valence-electron chi connectivity index (χ2n) is 10.7. The Morgan fingerprint density at radius 1 is 1.25 bits per heavy atom. The zero-order chi connectivity index (χ0) is 28.9. The van der Waals surface area contributed by atoms with Crippen LogP contribution in [0.1, 0.15) is 34.8 Å². The predicted molar refractivity (Wildman–Crippen MR) is 144 cm³/mol. The smallest absolute Gasteiger partial charge is 0.261 e. The van der Waals surface area contributed by atoms with Crippen molar-refractivity contribution in [3.05, 3.63) is 69.8 Å². The van der Waals surface area contributed by atoms with Crippen molar-refractivity contribution in [2.45, 2.75) is 24.8 Å². The van der Waals surface area contributed by atoms with Gasteiger partial charge >= 0.3 is 0 Å². The first kappa shape index (κ1) is 27.9. The Bertz CT molecular complexity index is 1500. The molecule has 0 radical (unpaired) electrons. The van der Waals surface area contributed by atoms with E-state index in [2.05, 4.69) is 15.4 Å². The predicted octanol–water partition coefficient (Wildman–Crippen LogP) is 3.43. The summed E-state index contributed by atoms with van der Waals surface area (Å²) in [6, 6.07) is 4.17. The Hall–Kier alpha value is -3.64. The highest BCUT2D eigenvalue weighted by molar-refractivity contribution is 6.30. The normalized spacial score (nSPS) is 21.1. The van der Waals surface area contributed by atoms with E-state index in [0.29, 0.717) is 19.5 Å². The standard InChI is InChI=1S/C27H29ClF3N7O2/c1-27(17-6-5-7-18(28)22(17)30)14-38(25-19(29)12-36(4)34-25)26(40)16-10-32-24(23(31)21(16)27)33-15-8-9-37(11-15)13-20(39)35(2)3/h5-7,10,12,15H,8-9,11,13-14H2,1-4H3,(H,32,33)/t15-,27+/m1/s1. The second kappa shape index (κ2) is 10.4. The van der Waals surface area contributed by atoms with Gasteiger partial charge in [-0.05, 0) is 19.4 Å². The van der Waals surface area contributed by atoms with E-state index in [1.807, 2.05) is 4.90 Å². The highest BCUT2D eigenvalue weighted by atomic mass is 35.5. The monoisotopic (exact) mass is 575 g/mol. The van der Waals surface area contributed by atoms with Crippen molar-refractivity contribution in [2.24, 2.45) is 7.05 Å². The van der Waals surface area contributed by atoms with Crippen LogP contribution in [0.3, 0.4) is 0 Å². The SMILES string of the molecule is CN(C)C(=O)CN1CC[C@@H](Nc2ncc3c(c2F)[C@](C)(c2cccc(Cl)c2F)CN(c2nn(C)cc2F)C3=O)C1. The van der Waals surface area contributed by atoms with Crippen molar-refractivity contribution < 1.29 is 22.8 Å². The number of carbonyl (C=O) groups is 2. The Labute approximate surface area is 234 Å². The lowest BCUT2D eigenvalue weighted by Crippen LogP contribution is -2.50. The molecule has 1 N–H and O–H groups in total. The van der Waals surface area contributed by atoms with Crippen molar-refractivity contribution in [1.29, 1.82) is 0 Å². The zero-order valence-electron chi connectivity index (χ0n) is 22.5. The Morgan fingerprint density at radius 2 is 2.00 bits per heavy atom. The number of aryl methyl sites for hydroxylation is 1. The molecular formula is C27H29ClF3N7O2. The molecule has 212 valence electrons. The number of nitrogens with zero attached hydrogens (tertiary/aromatic N) is 6. The fourth-order valence-electron chi connectivity index (χ4n) is 5.47.